The number of amides is 1. The van der Waals surface area contributed by atoms with Crippen molar-refractivity contribution in [3.63, 3.8) is 0 Å². The Labute approximate surface area is 165 Å². The highest BCUT2D eigenvalue weighted by molar-refractivity contribution is 5.94. The van der Waals surface area contributed by atoms with Crippen molar-refractivity contribution in [2.24, 2.45) is 0 Å². The molecule has 0 spiro atoms. The minimum atomic E-state index is -0.337. The van der Waals surface area contributed by atoms with Gasteiger partial charge in [-0.05, 0) is 44.0 Å². The maximum absolute atomic E-state index is 13.8. The normalized spacial score (nSPS) is 20.1. The Morgan fingerprint density at radius 1 is 1.25 bits per heavy atom. The minimum Gasteiger partial charge on any atom is -0.372 e. The number of anilines is 1. The molecule has 0 radical (unpaired) electrons. The van der Waals surface area contributed by atoms with Crippen LogP contribution in [0.4, 0.5) is 10.2 Å². The van der Waals surface area contributed by atoms with Crippen molar-refractivity contribution in [1.82, 2.24) is 10.3 Å². The van der Waals surface area contributed by atoms with Gasteiger partial charge in [0.25, 0.3) is 0 Å². The minimum absolute atomic E-state index is 0.175. The molecular weight excluding hydrogens is 357 g/mol. The third-order valence-corrected chi connectivity index (χ3v) is 4.67. The number of ether oxygens (including phenoxy) is 1. The van der Waals surface area contributed by atoms with Crippen LogP contribution in [0.1, 0.15) is 31.9 Å². The molecule has 3 rings (SSSR count). The molecule has 0 aliphatic carbocycles. The van der Waals surface area contributed by atoms with Gasteiger partial charge >= 0.3 is 0 Å². The van der Waals surface area contributed by atoms with Crippen LogP contribution in [0.15, 0.2) is 48.7 Å². The molecule has 1 saturated heterocycles. The van der Waals surface area contributed by atoms with Gasteiger partial charge in [-0.25, -0.2) is 9.37 Å². The predicted octanol–water partition coefficient (Wildman–Crippen LogP) is 3.55. The SMILES string of the molecule is C/C(=C/C(=O)NCc1ccc(N2CC(C)OC(C)C2)nc1)c1ccccc1F. The van der Waals surface area contributed by atoms with Crippen LogP contribution in [0.25, 0.3) is 5.57 Å². The Balaban J connectivity index is 1.57. The number of allylic oxidation sites excluding steroid dienone is 1. The second-order valence-corrected chi connectivity index (χ2v) is 7.21. The maximum Gasteiger partial charge on any atom is 0.244 e. The van der Waals surface area contributed by atoms with Crippen molar-refractivity contribution < 1.29 is 13.9 Å². The first-order valence-corrected chi connectivity index (χ1v) is 9.48. The second kappa shape index (κ2) is 8.97. The molecule has 2 aromatic rings. The first kappa shape index (κ1) is 20.0. The lowest BCUT2D eigenvalue weighted by atomic mass is 10.1. The molecule has 2 heterocycles. The summed E-state index contributed by atoms with van der Waals surface area (Å²) >= 11 is 0. The molecule has 5 nitrogen and oxygen atoms in total. The molecule has 0 bridgehead atoms. The molecule has 148 valence electrons. The van der Waals surface area contributed by atoms with Crippen LogP contribution < -0.4 is 10.2 Å². The van der Waals surface area contributed by atoms with E-state index in [2.05, 4.69) is 29.0 Å². The lowest BCUT2D eigenvalue weighted by Gasteiger charge is -2.36. The molecule has 1 amide bonds. The first-order chi connectivity index (χ1) is 13.4. The molecule has 1 aliphatic rings. The number of carbonyl (C=O) groups excluding carboxylic acids is 1. The molecule has 1 aromatic heterocycles. The monoisotopic (exact) mass is 383 g/mol. The quantitative estimate of drug-likeness (QED) is 0.803. The number of morpholine rings is 1. The Hall–Kier alpha value is -2.73. The van der Waals surface area contributed by atoms with E-state index in [4.69, 9.17) is 4.74 Å². The van der Waals surface area contributed by atoms with Gasteiger partial charge in [0.05, 0.1) is 12.2 Å². The Bertz CT molecular complexity index is 841. The van der Waals surface area contributed by atoms with Crippen LogP contribution in [-0.4, -0.2) is 36.2 Å². The topological polar surface area (TPSA) is 54.5 Å². The van der Waals surface area contributed by atoms with Crippen LogP contribution >= 0.6 is 0 Å². The number of hydrogen-bond acceptors (Lipinski definition) is 4. The van der Waals surface area contributed by atoms with Crippen molar-refractivity contribution in [1.29, 1.82) is 0 Å². The zero-order valence-corrected chi connectivity index (χ0v) is 16.5. The van der Waals surface area contributed by atoms with Gasteiger partial charge in [0.15, 0.2) is 0 Å². The van der Waals surface area contributed by atoms with Gasteiger partial charge in [-0.1, -0.05) is 24.3 Å². The molecule has 1 N–H and O–H groups in total. The molecule has 1 fully saturated rings. The number of halogens is 1. The van der Waals surface area contributed by atoms with Gasteiger partial charge in [0.2, 0.25) is 5.91 Å². The summed E-state index contributed by atoms with van der Waals surface area (Å²) in [5, 5.41) is 2.82. The van der Waals surface area contributed by atoms with E-state index in [1.165, 1.54) is 12.1 Å². The van der Waals surface area contributed by atoms with E-state index in [9.17, 15) is 9.18 Å². The molecule has 28 heavy (non-hydrogen) atoms. The zero-order valence-electron chi connectivity index (χ0n) is 16.5. The van der Waals surface area contributed by atoms with Gasteiger partial charge < -0.3 is 15.0 Å². The van der Waals surface area contributed by atoms with Gasteiger partial charge in [0, 0.05) is 37.5 Å². The highest BCUT2D eigenvalue weighted by atomic mass is 19.1. The second-order valence-electron chi connectivity index (χ2n) is 7.21. The summed E-state index contributed by atoms with van der Waals surface area (Å²) in [6.45, 7) is 7.83. The third kappa shape index (κ3) is 5.16. The summed E-state index contributed by atoms with van der Waals surface area (Å²) in [6.07, 6.45) is 3.54. The number of rotatable bonds is 5. The lowest BCUT2D eigenvalue weighted by Crippen LogP contribution is -2.45. The van der Waals surface area contributed by atoms with Crippen LogP contribution in [0.5, 0.6) is 0 Å². The average molecular weight is 383 g/mol. The van der Waals surface area contributed by atoms with Crippen molar-refractivity contribution >= 4 is 17.3 Å². The van der Waals surface area contributed by atoms with E-state index in [1.807, 2.05) is 12.1 Å². The average Bonchev–Trinajstić information content (AvgIpc) is 2.66. The van der Waals surface area contributed by atoms with E-state index < -0.39 is 0 Å². The van der Waals surface area contributed by atoms with Crippen molar-refractivity contribution in [2.45, 2.75) is 39.5 Å². The number of carbonyl (C=O) groups is 1. The Morgan fingerprint density at radius 3 is 2.61 bits per heavy atom. The van der Waals surface area contributed by atoms with Gasteiger partial charge in [-0.2, -0.15) is 0 Å². The third-order valence-electron chi connectivity index (χ3n) is 4.67. The van der Waals surface area contributed by atoms with E-state index in [-0.39, 0.29) is 23.9 Å². The van der Waals surface area contributed by atoms with Gasteiger partial charge in [-0.15, -0.1) is 0 Å². The van der Waals surface area contributed by atoms with Crippen molar-refractivity contribution in [2.75, 3.05) is 18.0 Å². The van der Waals surface area contributed by atoms with E-state index in [1.54, 1.807) is 31.3 Å². The standard InChI is InChI=1S/C22H26FN3O2/c1-15(19-6-4-5-7-20(19)23)10-22(27)25-12-18-8-9-21(24-11-18)26-13-16(2)28-17(3)14-26/h4-11,16-17H,12-14H2,1-3H3,(H,25,27)/b15-10-. The summed E-state index contributed by atoms with van der Waals surface area (Å²) in [5.41, 5.74) is 1.92. The maximum atomic E-state index is 13.8. The Kier molecular flexibility index (Phi) is 6.41. The lowest BCUT2D eigenvalue weighted by molar-refractivity contribution is -0.116. The fourth-order valence-corrected chi connectivity index (χ4v) is 3.37. The van der Waals surface area contributed by atoms with Gasteiger partial charge in [-0.3, -0.25) is 4.79 Å². The molecule has 1 aliphatic heterocycles. The highest BCUT2D eigenvalue weighted by Crippen LogP contribution is 2.19. The summed E-state index contributed by atoms with van der Waals surface area (Å²) < 4.78 is 19.5. The molecule has 2 unspecified atom stereocenters. The molecule has 0 saturated carbocycles. The number of pyridine rings is 1. The summed E-state index contributed by atoms with van der Waals surface area (Å²) in [6, 6.07) is 10.3. The number of nitrogens with zero attached hydrogens (tertiary/aromatic N) is 2. The van der Waals surface area contributed by atoms with Crippen LogP contribution in [0.3, 0.4) is 0 Å². The number of hydrogen-bond donors (Lipinski definition) is 1. The molecule has 6 heteroatoms. The smallest absolute Gasteiger partial charge is 0.244 e. The largest absolute Gasteiger partial charge is 0.372 e. The van der Waals surface area contributed by atoms with Crippen LogP contribution in [0, 0.1) is 5.82 Å². The molecule has 1 aromatic carbocycles. The fraction of sp³-hybridized carbons (Fsp3) is 0.364. The van der Waals surface area contributed by atoms with Crippen molar-refractivity contribution in [3.05, 3.63) is 65.6 Å². The summed E-state index contributed by atoms with van der Waals surface area (Å²) in [7, 11) is 0. The molecule has 2 atom stereocenters. The van der Waals surface area contributed by atoms with E-state index >= 15 is 0 Å². The van der Waals surface area contributed by atoms with Crippen LogP contribution in [-0.2, 0) is 16.1 Å². The van der Waals surface area contributed by atoms with E-state index in [0.717, 1.165) is 24.5 Å². The number of benzene rings is 1. The van der Waals surface area contributed by atoms with Gasteiger partial charge in [0.1, 0.15) is 11.6 Å². The van der Waals surface area contributed by atoms with Crippen LogP contribution in [0.2, 0.25) is 0 Å². The highest BCUT2D eigenvalue weighted by Gasteiger charge is 2.22. The van der Waals surface area contributed by atoms with E-state index in [0.29, 0.717) is 17.7 Å². The van der Waals surface area contributed by atoms with Crippen molar-refractivity contribution in [3.8, 4) is 0 Å². The fourth-order valence-electron chi connectivity index (χ4n) is 3.37. The first-order valence-electron chi connectivity index (χ1n) is 9.48. The number of aromatic nitrogens is 1. The number of nitrogens with one attached hydrogen (secondary N) is 1. The predicted molar refractivity (Wildman–Crippen MR) is 108 cm³/mol. The zero-order chi connectivity index (χ0) is 20.1. The summed E-state index contributed by atoms with van der Waals surface area (Å²) in [4.78, 5) is 18.9. The molecular formula is C22H26FN3O2. The Morgan fingerprint density at radius 2 is 1.96 bits per heavy atom. The summed E-state index contributed by atoms with van der Waals surface area (Å²) in [5.74, 6) is 0.309.